The quantitative estimate of drug-likeness (QED) is 0.594. The SMILES string of the molecule is CC(C)C.O=C(CNC(=O)c1cc(Cl)ccc1Cl)NCB1OSO1. The van der Waals surface area contributed by atoms with E-state index in [0.717, 1.165) is 18.2 Å². The van der Waals surface area contributed by atoms with Crippen molar-refractivity contribution < 1.29 is 17.8 Å². The standard InChI is InChI=1S/C10H9BCl2N2O4S.C4H10/c12-6-1-2-8(13)7(3-6)10(17)14-4-9(16)15-5-11-18-20-19-11;1-4(2)3/h1-3H,4-5H2,(H,14,17)(H,15,16);4H,1-3H3. The number of nitrogens with one attached hydrogen (secondary N) is 2. The van der Waals surface area contributed by atoms with Crippen LogP contribution in [0.25, 0.3) is 0 Å². The Morgan fingerprint density at radius 3 is 2.38 bits per heavy atom. The number of carbonyl (C=O) groups is 2. The molecule has 0 saturated carbocycles. The second-order valence-corrected chi connectivity index (χ2v) is 6.90. The number of rotatable bonds is 5. The normalized spacial score (nSPS) is 12.8. The van der Waals surface area contributed by atoms with Crippen LogP contribution in [-0.4, -0.2) is 31.9 Å². The predicted molar refractivity (Wildman–Crippen MR) is 97.8 cm³/mol. The fraction of sp³-hybridized carbons (Fsp3) is 0.429. The zero-order valence-electron chi connectivity index (χ0n) is 13.6. The summed E-state index contributed by atoms with van der Waals surface area (Å²) in [5.41, 5.74) is 0.217. The Morgan fingerprint density at radius 2 is 1.83 bits per heavy atom. The third-order valence-corrected chi connectivity index (χ3v) is 3.49. The van der Waals surface area contributed by atoms with Crippen LogP contribution < -0.4 is 10.6 Å². The van der Waals surface area contributed by atoms with Crippen molar-refractivity contribution in [2.45, 2.75) is 20.8 Å². The van der Waals surface area contributed by atoms with Crippen LogP contribution >= 0.6 is 35.5 Å². The maximum atomic E-state index is 11.8. The molecule has 1 aliphatic rings. The van der Waals surface area contributed by atoms with Crippen LogP contribution in [0.2, 0.25) is 10.0 Å². The first kappa shape index (κ1) is 21.1. The van der Waals surface area contributed by atoms with Crippen molar-refractivity contribution in [3.05, 3.63) is 33.8 Å². The molecular weight excluding hydrogens is 374 g/mol. The van der Waals surface area contributed by atoms with E-state index in [-0.39, 0.29) is 29.5 Å². The number of amides is 2. The molecule has 0 radical (unpaired) electrons. The Hall–Kier alpha value is -0.925. The number of carbonyl (C=O) groups excluding carboxylic acids is 2. The van der Waals surface area contributed by atoms with E-state index in [9.17, 15) is 9.59 Å². The van der Waals surface area contributed by atoms with Gasteiger partial charge in [0.15, 0.2) is 0 Å². The van der Waals surface area contributed by atoms with Crippen molar-refractivity contribution in [3.63, 3.8) is 0 Å². The second-order valence-electron chi connectivity index (χ2n) is 5.53. The van der Waals surface area contributed by atoms with Crippen molar-refractivity contribution in [2.24, 2.45) is 5.92 Å². The fourth-order valence-electron chi connectivity index (χ4n) is 1.35. The van der Waals surface area contributed by atoms with E-state index >= 15 is 0 Å². The topological polar surface area (TPSA) is 76.7 Å². The Kier molecular flexibility index (Phi) is 9.54. The van der Waals surface area contributed by atoms with Crippen molar-refractivity contribution in [1.29, 1.82) is 0 Å². The number of hydrogen-bond donors (Lipinski definition) is 2. The lowest BCUT2D eigenvalue weighted by atomic mass is 9.92. The van der Waals surface area contributed by atoms with Crippen LogP contribution in [0, 0.1) is 5.92 Å². The van der Waals surface area contributed by atoms with Crippen molar-refractivity contribution >= 4 is 54.5 Å². The molecule has 0 atom stereocenters. The summed E-state index contributed by atoms with van der Waals surface area (Å²) in [6.45, 7) is 6.32. The molecule has 1 heterocycles. The Bertz CT molecular complexity index is 571. The van der Waals surface area contributed by atoms with Gasteiger partial charge in [-0.15, -0.1) is 0 Å². The smallest absolute Gasteiger partial charge is 0.356 e. The summed E-state index contributed by atoms with van der Waals surface area (Å²) in [5.74, 6) is -0.0000461. The summed E-state index contributed by atoms with van der Waals surface area (Å²) in [6, 6.07) is 4.52. The summed E-state index contributed by atoms with van der Waals surface area (Å²) < 4.78 is 9.73. The molecule has 1 aliphatic heterocycles. The zero-order valence-corrected chi connectivity index (χ0v) is 15.9. The Morgan fingerprint density at radius 1 is 1.21 bits per heavy atom. The van der Waals surface area contributed by atoms with E-state index in [2.05, 4.69) is 31.4 Å². The molecule has 24 heavy (non-hydrogen) atoms. The molecule has 0 bridgehead atoms. The summed E-state index contributed by atoms with van der Waals surface area (Å²) in [5, 5.41) is 5.64. The predicted octanol–water partition coefficient (Wildman–Crippen LogP) is 3.14. The minimum Gasteiger partial charge on any atom is -0.356 e. The molecule has 1 aromatic carbocycles. The van der Waals surface area contributed by atoms with Crippen LogP contribution in [0.4, 0.5) is 0 Å². The summed E-state index contributed by atoms with van der Waals surface area (Å²) in [4.78, 5) is 23.3. The van der Waals surface area contributed by atoms with Gasteiger partial charge in [0.05, 0.1) is 23.6 Å². The van der Waals surface area contributed by atoms with Crippen molar-refractivity contribution in [3.8, 4) is 0 Å². The second kappa shape index (κ2) is 10.8. The third kappa shape index (κ3) is 8.26. The largest absolute Gasteiger partial charge is 0.503 e. The van der Waals surface area contributed by atoms with Gasteiger partial charge in [-0.05, 0) is 24.1 Å². The minimum atomic E-state index is -0.473. The van der Waals surface area contributed by atoms with Crippen molar-refractivity contribution in [2.75, 3.05) is 13.0 Å². The molecule has 1 aromatic rings. The molecule has 1 fully saturated rings. The lowest BCUT2D eigenvalue weighted by molar-refractivity contribution is -0.119. The molecule has 6 nitrogen and oxygen atoms in total. The maximum Gasteiger partial charge on any atom is 0.503 e. The van der Waals surface area contributed by atoms with Crippen LogP contribution in [0.1, 0.15) is 31.1 Å². The van der Waals surface area contributed by atoms with E-state index in [0.29, 0.717) is 5.02 Å². The van der Waals surface area contributed by atoms with Gasteiger partial charge in [-0.2, -0.15) is 0 Å². The molecule has 0 spiro atoms. The zero-order chi connectivity index (χ0) is 18.1. The lowest BCUT2D eigenvalue weighted by Crippen LogP contribution is -2.44. The summed E-state index contributed by atoms with van der Waals surface area (Å²) in [6.07, 6.45) is 0.222. The average molecular weight is 393 g/mol. The molecule has 10 heteroatoms. The first-order valence-corrected chi connectivity index (χ1v) is 8.70. The van der Waals surface area contributed by atoms with Gasteiger partial charge in [-0.25, -0.2) is 0 Å². The average Bonchev–Trinajstić information content (AvgIpc) is 2.45. The molecule has 1 saturated heterocycles. The van der Waals surface area contributed by atoms with Gasteiger partial charge >= 0.3 is 7.12 Å². The number of hydrogen-bond acceptors (Lipinski definition) is 5. The highest BCUT2D eigenvalue weighted by atomic mass is 35.5. The highest BCUT2D eigenvalue weighted by Gasteiger charge is 2.29. The van der Waals surface area contributed by atoms with Crippen LogP contribution in [0.3, 0.4) is 0 Å². The van der Waals surface area contributed by atoms with Gasteiger partial charge < -0.3 is 18.8 Å². The van der Waals surface area contributed by atoms with Crippen molar-refractivity contribution in [1.82, 2.24) is 10.6 Å². The molecule has 0 aliphatic carbocycles. The number of halogens is 2. The lowest BCUT2D eigenvalue weighted by Gasteiger charge is -2.19. The van der Waals surface area contributed by atoms with Crippen LogP contribution in [0.15, 0.2) is 18.2 Å². The van der Waals surface area contributed by atoms with E-state index in [1.54, 1.807) is 6.07 Å². The van der Waals surface area contributed by atoms with Gasteiger partial charge in [-0.3, -0.25) is 9.59 Å². The van der Waals surface area contributed by atoms with Gasteiger partial charge in [0.2, 0.25) is 5.91 Å². The molecule has 2 rings (SSSR count). The van der Waals surface area contributed by atoms with Gasteiger partial charge in [0.25, 0.3) is 5.91 Å². The summed E-state index contributed by atoms with van der Waals surface area (Å²) >= 11 is 12.5. The minimum absolute atomic E-state index is 0.179. The van der Waals surface area contributed by atoms with E-state index < -0.39 is 13.0 Å². The highest BCUT2D eigenvalue weighted by Crippen LogP contribution is 2.21. The van der Waals surface area contributed by atoms with Crippen LogP contribution in [-0.2, 0) is 13.0 Å². The third-order valence-electron chi connectivity index (χ3n) is 2.34. The first-order chi connectivity index (χ1) is 11.3. The Balaban J connectivity index is 0.000000648. The van der Waals surface area contributed by atoms with Gasteiger partial charge in [0.1, 0.15) is 12.3 Å². The molecular formula is C14H19BCl2N2O4S. The maximum absolute atomic E-state index is 11.8. The van der Waals surface area contributed by atoms with Gasteiger partial charge in [-0.1, -0.05) is 44.0 Å². The summed E-state index contributed by atoms with van der Waals surface area (Å²) in [7, 11) is -0.443. The monoisotopic (exact) mass is 392 g/mol. The highest BCUT2D eigenvalue weighted by molar-refractivity contribution is 7.93. The van der Waals surface area contributed by atoms with Gasteiger partial charge in [0, 0.05) is 5.02 Å². The molecule has 2 amide bonds. The molecule has 132 valence electrons. The number of benzene rings is 1. The molecule has 2 N–H and O–H groups in total. The first-order valence-electron chi connectivity index (χ1n) is 7.28. The van der Waals surface area contributed by atoms with Crippen LogP contribution in [0.5, 0.6) is 0 Å². The van der Waals surface area contributed by atoms with E-state index in [1.165, 1.54) is 12.1 Å². The van der Waals surface area contributed by atoms with E-state index in [4.69, 9.17) is 31.4 Å². The Labute approximate surface area is 156 Å². The molecule has 0 aromatic heterocycles. The fourth-order valence-corrected chi connectivity index (χ4v) is 2.05. The molecule has 0 unspecified atom stereocenters. The van der Waals surface area contributed by atoms with E-state index in [1.807, 2.05) is 0 Å².